The average Bonchev–Trinajstić information content (AvgIpc) is 2.47. The van der Waals surface area contributed by atoms with Gasteiger partial charge in [0, 0.05) is 7.05 Å². The van der Waals surface area contributed by atoms with Crippen molar-refractivity contribution in [1.82, 2.24) is 4.57 Å². The Bertz CT molecular complexity index is 441. The predicted molar refractivity (Wildman–Crippen MR) is 57.4 cm³/mol. The normalized spacial score (nSPS) is 9.46. The van der Waals surface area contributed by atoms with Crippen LogP contribution in [0.3, 0.4) is 0 Å². The molecule has 0 amide bonds. The second-order valence-corrected chi connectivity index (χ2v) is 2.74. The first-order valence-electron chi connectivity index (χ1n) is 4.33. The molecule has 0 aliphatic heterocycles. The molecule has 0 bridgehead atoms. The summed E-state index contributed by atoms with van der Waals surface area (Å²) in [6, 6.07) is 7.78. The van der Waals surface area contributed by atoms with Crippen LogP contribution in [0.15, 0.2) is 28.7 Å². The number of aryl methyl sites for hydroxylation is 1. The van der Waals surface area contributed by atoms with E-state index in [4.69, 9.17) is 16.6 Å². The first-order valence-corrected chi connectivity index (χ1v) is 4.74. The van der Waals surface area contributed by atoms with E-state index in [-0.39, 0.29) is 0 Å². The van der Waals surface area contributed by atoms with Gasteiger partial charge in [-0.2, -0.15) is 0 Å². The maximum atomic E-state index is 5.28. The van der Waals surface area contributed by atoms with E-state index in [1.807, 2.05) is 49.7 Å². The van der Waals surface area contributed by atoms with Crippen LogP contribution < -0.4 is 0 Å². The molecule has 2 aromatic rings. The molecule has 13 heavy (non-hydrogen) atoms. The molecule has 0 aliphatic carbocycles. The Morgan fingerprint density at radius 3 is 2.46 bits per heavy atom. The summed E-state index contributed by atoms with van der Waals surface area (Å²) in [6.07, 6.45) is 0. The molecule has 0 radical (unpaired) electrons. The summed E-state index contributed by atoms with van der Waals surface area (Å²) < 4.78 is 7.13. The first kappa shape index (κ1) is 9.99. The maximum Gasteiger partial charge on any atom is 0.269 e. The molecule has 0 unspecified atom stereocenters. The number of hydrogen-bond acceptors (Lipinski definition) is 2. The van der Waals surface area contributed by atoms with E-state index >= 15 is 0 Å². The van der Waals surface area contributed by atoms with Crippen LogP contribution in [0.5, 0.6) is 0 Å². The fourth-order valence-corrected chi connectivity index (χ4v) is 1.27. The van der Waals surface area contributed by atoms with Crippen molar-refractivity contribution < 1.29 is 4.42 Å². The molecule has 0 spiro atoms. The third-order valence-electron chi connectivity index (χ3n) is 1.70. The summed E-state index contributed by atoms with van der Waals surface area (Å²) >= 11 is 4.95. The molecule has 0 N–H and O–H groups in total. The number of nitrogens with zero attached hydrogens (tertiary/aromatic N) is 1. The Morgan fingerprint density at radius 2 is 1.85 bits per heavy atom. The molecule has 0 saturated carbocycles. The summed E-state index contributed by atoms with van der Waals surface area (Å²) in [5.74, 6) is 0. The van der Waals surface area contributed by atoms with Crippen molar-refractivity contribution in [1.29, 1.82) is 0 Å². The minimum atomic E-state index is 0.520. The second kappa shape index (κ2) is 4.23. The van der Waals surface area contributed by atoms with Gasteiger partial charge in [0.25, 0.3) is 4.84 Å². The first-order chi connectivity index (χ1) is 6.29. The Kier molecular flexibility index (Phi) is 3.25. The van der Waals surface area contributed by atoms with Gasteiger partial charge >= 0.3 is 0 Å². The molecule has 2 rings (SSSR count). The van der Waals surface area contributed by atoms with Crippen molar-refractivity contribution in [2.24, 2.45) is 7.05 Å². The van der Waals surface area contributed by atoms with Gasteiger partial charge < -0.3 is 8.98 Å². The monoisotopic (exact) mass is 195 g/mol. The predicted octanol–water partition coefficient (Wildman–Crippen LogP) is 3.53. The highest BCUT2D eigenvalue weighted by molar-refractivity contribution is 7.71. The Balaban J connectivity index is 0.000000396. The highest BCUT2D eigenvalue weighted by Crippen LogP contribution is 2.14. The zero-order valence-electron chi connectivity index (χ0n) is 8.07. The molecule has 0 saturated heterocycles. The minimum Gasteiger partial charge on any atom is -0.429 e. The lowest BCUT2D eigenvalue weighted by Gasteiger charge is -1.88. The summed E-state index contributed by atoms with van der Waals surface area (Å²) in [5.41, 5.74) is 1.89. The summed E-state index contributed by atoms with van der Waals surface area (Å²) in [6.45, 7) is 4.00. The zero-order valence-corrected chi connectivity index (χ0v) is 8.89. The van der Waals surface area contributed by atoms with Gasteiger partial charge in [-0.15, -0.1) is 0 Å². The van der Waals surface area contributed by atoms with Crippen LogP contribution >= 0.6 is 12.2 Å². The van der Waals surface area contributed by atoms with Crippen LogP contribution in [-0.4, -0.2) is 4.57 Å². The maximum absolute atomic E-state index is 5.28. The lowest BCUT2D eigenvalue weighted by molar-refractivity contribution is 0.559. The van der Waals surface area contributed by atoms with Crippen molar-refractivity contribution in [3.8, 4) is 0 Å². The highest BCUT2D eigenvalue weighted by Gasteiger charge is 1.99. The van der Waals surface area contributed by atoms with Crippen molar-refractivity contribution in [2.75, 3.05) is 0 Å². The van der Waals surface area contributed by atoms with E-state index in [9.17, 15) is 0 Å². The van der Waals surface area contributed by atoms with Gasteiger partial charge in [0.2, 0.25) is 0 Å². The summed E-state index contributed by atoms with van der Waals surface area (Å²) in [7, 11) is 1.90. The third kappa shape index (κ3) is 1.80. The fraction of sp³-hybridized carbons (Fsp3) is 0.300. The fourth-order valence-electron chi connectivity index (χ4n) is 1.08. The lowest BCUT2D eigenvalue weighted by Crippen LogP contribution is -1.84. The molecule has 1 heterocycles. The number of fused-ring (bicyclic) bond motifs is 1. The minimum absolute atomic E-state index is 0.520. The second-order valence-electron chi connectivity index (χ2n) is 2.39. The molecule has 1 aromatic carbocycles. The smallest absolute Gasteiger partial charge is 0.269 e. The van der Waals surface area contributed by atoms with E-state index in [0.29, 0.717) is 4.84 Å². The average molecular weight is 195 g/mol. The van der Waals surface area contributed by atoms with E-state index in [2.05, 4.69) is 0 Å². The van der Waals surface area contributed by atoms with Gasteiger partial charge in [-0.25, -0.2) is 0 Å². The van der Waals surface area contributed by atoms with Gasteiger partial charge in [0.15, 0.2) is 5.58 Å². The highest BCUT2D eigenvalue weighted by atomic mass is 32.1. The van der Waals surface area contributed by atoms with Crippen LogP contribution in [0.2, 0.25) is 0 Å². The Hall–Kier alpha value is -1.09. The number of oxazole rings is 1. The van der Waals surface area contributed by atoms with Crippen molar-refractivity contribution >= 4 is 23.3 Å². The van der Waals surface area contributed by atoms with Gasteiger partial charge in [-0.1, -0.05) is 26.0 Å². The van der Waals surface area contributed by atoms with Gasteiger partial charge in [0.05, 0.1) is 5.52 Å². The van der Waals surface area contributed by atoms with E-state index < -0.39 is 0 Å². The van der Waals surface area contributed by atoms with Crippen molar-refractivity contribution in [3.63, 3.8) is 0 Å². The SMILES string of the molecule is CC.Cn1c(=S)oc2ccccc21. The van der Waals surface area contributed by atoms with E-state index in [0.717, 1.165) is 11.1 Å². The van der Waals surface area contributed by atoms with Gasteiger partial charge in [-0.05, 0) is 24.4 Å². The van der Waals surface area contributed by atoms with Crippen LogP contribution in [0, 0.1) is 4.84 Å². The lowest BCUT2D eigenvalue weighted by atomic mass is 10.3. The van der Waals surface area contributed by atoms with Gasteiger partial charge in [0.1, 0.15) is 0 Å². The van der Waals surface area contributed by atoms with E-state index in [1.54, 1.807) is 0 Å². The van der Waals surface area contributed by atoms with Crippen LogP contribution in [-0.2, 0) is 7.05 Å². The molecular weight excluding hydrogens is 182 g/mol. The molecule has 0 aliphatic rings. The number of para-hydroxylation sites is 2. The summed E-state index contributed by atoms with van der Waals surface area (Å²) in [4.78, 5) is 0.520. The number of aromatic nitrogens is 1. The zero-order chi connectivity index (χ0) is 9.84. The molecule has 0 fully saturated rings. The molecule has 1 aromatic heterocycles. The van der Waals surface area contributed by atoms with Crippen molar-refractivity contribution in [3.05, 3.63) is 29.1 Å². The third-order valence-corrected chi connectivity index (χ3v) is 2.05. The van der Waals surface area contributed by atoms with Crippen molar-refractivity contribution in [2.45, 2.75) is 13.8 Å². The molecule has 70 valence electrons. The van der Waals surface area contributed by atoms with Crippen LogP contribution in [0.25, 0.3) is 11.1 Å². The molecule has 3 heteroatoms. The number of benzene rings is 1. The molecular formula is C10H13NOS. The standard InChI is InChI=1S/C8H7NOS.C2H6/c1-9-6-4-2-3-5-7(6)10-8(9)11;1-2/h2-5H,1H3;1-2H3. The number of hydrogen-bond donors (Lipinski definition) is 0. The summed E-state index contributed by atoms with van der Waals surface area (Å²) in [5, 5.41) is 0. The molecule has 2 nitrogen and oxygen atoms in total. The largest absolute Gasteiger partial charge is 0.429 e. The topological polar surface area (TPSA) is 18.1 Å². The van der Waals surface area contributed by atoms with Crippen LogP contribution in [0.4, 0.5) is 0 Å². The Labute approximate surface area is 82.8 Å². The van der Waals surface area contributed by atoms with Gasteiger partial charge in [-0.3, -0.25) is 0 Å². The Morgan fingerprint density at radius 1 is 1.23 bits per heavy atom. The quantitative estimate of drug-likeness (QED) is 0.598. The molecule has 0 atom stereocenters. The number of rotatable bonds is 0. The van der Waals surface area contributed by atoms with Crippen LogP contribution in [0.1, 0.15) is 13.8 Å². The van der Waals surface area contributed by atoms with E-state index in [1.165, 1.54) is 0 Å².